The van der Waals surface area contributed by atoms with Crippen LogP contribution in [0.3, 0.4) is 0 Å². The second kappa shape index (κ2) is 2.86. The number of carbonyl (C=O) groups excluding carboxylic acids is 1. The molecule has 0 aliphatic heterocycles. The Kier molecular flexibility index (Phi) is 2.10. The number of hydrogen-bond donors (Lipinski definition) is 0. The van der Waals surface area contributed by atoms with Gasteiger partial charge in [0.15, 0.2) is 0 Å². The van der Waals surface area contributed by atoms with Gasteiger partial charge in [0.25, 0.3) is 0 Å². The molecule has 1 aliphatic carbocycles. The molecule has 0 aromatic rings. The van der Waals surface area contributed by atoms with Gasteiger partial charge in [-0.2, -0.15) is 0 Å². The fourth-order valence-corrected chi connectivity index (χ4v) is 0.602. The van der Waals surface area contributed by atoms with Gasteiger partial charge in [-0.1, -0.05) is 13.8 Å². The van der Waals surface area contributed by atoms with Gasteiger partial charge in [0.05, 0.1) is 5.92 Å². The molecule has 0 aromatic carbocycles. The Balaban J connectivity index is 2.31. The Morgan fingerprint density at radius 1 is 1.70 bits per heavy atom. The molecule has 0 saturated carbocycles. The average molecular weight is 140 g/mol. The standard InChI is InChI=1S/C8H12O2/c1-6(2)8(9)10-7-4-3-5-7/h4,6H,3,5H2,1-2H3. The second-order valence-corrected chi connectivity index (χ2v) is 2.78. The van der Waals surface area contributed by atoms with Crippen LogP contribution < -0.4 is 0 Å². The lowest BCUT2D eigenvalue weighted by Gasteiger charge is -2.14. The van der Waals surface area contributed by atoms with Crippen LogP contribution >= 0.6 is 0 Å². The molecular formula is C8H12O2. The summed E-state index contributed by atoms with van der Waals surface area (Å²) >= 11 is 0. The van der Waals surface area contributed by atoms with Gasteiger partial charge in [-0.05, 0) is 12.5 Å². The number of ether oxygens (including phenoxy) is 1. The normalized spacial score (nSPS) is 16.1. The van der Waals surface area contributed by atoms with Crippen LogP contribution in [-0.2, 0) is 9.53 Å². The lowest BCUT2D eigenvalue weighted by molar-refractivity contribution is -0.143. The Bertz CT molecular complexity index is 168. The molecule has 0 atom stereocenters. The maximum absolute atomic E-state index is 10.9. The van der Waals surface area contributed by atoms with Crippen LogP contribution in [-0.4, -0.2) is 5.97 Å². The molecule has 56 valence electrons. The first-order valence-electron chi connectivity index (χ1n) is 3.61. The summed E-state index contributed by atoms with van der Waals surface area (Å²) in [6.07, 6.45) is 3.93. The van der Waals surface area contributed by atoms with Gasteiger partial charge >= 0.3 is 5.97 Å². The van der Waals surface area contributed by atoms with Gasteiger partial charge < -0.3 is 4.74 Å². The minimum atomic E-state index is -0.119. The van der Waals surface area contributed by atoms with E-state index in [9.17, 15) is 4.79 Å². The average Bonchev–Trinajstić information content (AvgIpc) is 1.77. The van der Waals surface area contributed by atoms with Gasteiger partial charge in [-0.15, -0.1) is 0 Å². The van der Waals surface area contributed by atoms with Crippen LogP contribution in [0.1, 0.15) is 26.7 Å². The minimum Gasteiger partial charge on any atom is -0.431 e. The Morgan fingerprint density at radius 2 is 2.30 bits per heavy atom. The molecule has 0 bridgehead atoms. The van der Waals surface area contributed by atoms with Crippen molar-refractivity contribution < 1.29 is 9.53 Å². The molecule has 0 fully saturated rings. The maximum atomic E-state index is 10.9. The van der Waals surface area contributed by atoms with Crippen LogP contribution in [0.5, 0.6) is 0 Å². The third-order valence-corrected chi connectivity index (χ3v) is 1.47. The van der Waals surface area contributed by atoms with Gasteiger partial charge in [0.1, 0.15) is 5.76 Å². The molecule has 10 heavy (non-hydrogen) atoms. The fraction of sp³-hybridized carbons (Fsp3) is 0.625. The lowest BCUT2D eigenvalue weighted by Crippen LogP contribution is -2.13. The number of carbonyl (C=O) groups is 1. The molecule has 0 heterocycles. The van der Waals surface area contributed by atoms with E-state index in [1.165, 1.54) is 0 Å². The largest absolute Gasteiger partial charge is 0.431 e. The van der Waals surface area contributed by atoms with E-state index in [1.54, 1.807) is 0 Å². The van der Waals surface area contributed by atoms with E-state index >= 15 is 0 Å². The van der Waals surface area contributed by atoms with Gasteiger partial charge in [-0.3, -0.25) is 4.79 Å². The molecule has 1 aliphatic rings. The van der Waals surface area contributed by atoms with E-state index in [0.717, 1.165) is 18.6 Å². The third kappa shape index (κ3) is 1.59. The first-order valence-corrected chi connectivity index (χ1v) is 3.61. The Hall–Kier alpha value is -0.790. The number of allylic oxidation sites excluding steroid dienone is 2. The highest BCUT2D eigenvalue weighted by molar-refractivity contribution is 5.72. The molecule has 0 radical (unpaired) electrons. The van der Waals surface area contributed by atoms with Crippen molar-refractivity contribution in [2.75, 3.05) is 0 Å². The van der Waals surface area contributed by atoms with Crippen LogP contribution in [0.4, 0.5) is 0 Å². The summed E-state index contributed by atoms with van der Waals surface area (Å²) < 4.78 is 4.97. The van der Waals surface area contributed by atoms with Gasteiger partial charge in [0.2, 0.25) is 0 Å². The van der Waals surface area contributed by atoms with E-state index < -0.39 is 0 Å². The lowest BCUT2D eigenvalue weighted by atomic mass is 10.1. The highest BCUT2D eigenvalue weighted by Crippen LogP contribution is 2.19. The molecule has 0 N–H and O–H groups in total. The molecule has 0 unspecified atom stereocenters. The zero-order valence-electron chi connectivity index (χ0n) is 6.39. The third-order valence-electron chi connectivity index (χ3n) is 1.47. The second-order valence-electron chi connectivity index (χ2n) is 2.78. The zero-order chi connectivity index (χ0) is 7.56. The molecule has 0 saturated heterocycles. The summed E-state index contributed by atoms with van der Waals surface area (Å²) in [6.45, 7) is 3.67. The molecule has 0 amide bonds. The fourth-order valence-electron chi connectivity index (χ4n) is 0.602. The quantitative estimate of drug-likeness (QED) is 0.547. The van der Waals surface area contributed by atoms with Crippen LogP contribution in [0, 0.1) is 5.92 Å². The minimum absolute atomic E-state index is 0.0125. The summed E-state index contributed by atoms with van der Waals surface area (Å²) in [5.41, 5.74) is 0. The summed E-state index contributed by atoms with van der Waals surface area (Å²) in [5.74, 6) is 0.714. The number of esters is 1. The van der Waals surface area contributed by atoms with E-state index in [2.05, 4.69) is 0 Å². The van der Waals surface area contributed by atoms with Crippen molar-refractivity contribution in [3.63, 3.8) is 0 Å². The molecular weight excluding hydrogens is 128 g/mol. The van der Waals surface area contributed by atoms with Crippen molar-refractivity contribution in [1.82, 2.24) is 0 Å². The van der Waals surface area contributed by atoms with E-state index in [4.69, 9.17) is 4.74 Å². The van der Waals surface area contributed by atoms with Crippen molar-refractivity contribution in [1.29, 1.82) is 0 Å². The summed E-state index contributed by atoms with van der Waals surface area (Å²) in [5, 5.41) is 0. The van der Waals surface area contributed by atoms with Crippen LogP contribution in [0.25, 0.3) is 0 Å². The van der Waals surface area contributed by atoms with Gasteiger partial charge in [0, 0.05) is 6.42 Å². The number of hydrogen-bond acceptors (Lipinski definition) is 2. The summed E-state index contributed by atoms with van der Waals surface area (Å²) in [6, 6.07) is 0. The Labute approximate surface area is 60.9 Å². The SMILES string of the molecule is CC(C)C(=O)OC1=CCC1. The maximum Gasteiger partial charge on any atom is 0.313 e. The van der Waals surface area contributed by atoms with Crippen molar-refractivity contribution in [3.8, 4) is 0 Å². The van der Waals surface area contributed by atoms with Crippen molar-refractivity contribution in [2.24, 2.45) is 5.92 Å². The predicted octanol–water partition coefficient (Wildman–Crippen LogP) is 1.86. The van der Waals surface area contributed by atoms with Crippen molar-refractivity contribution in [2.45, 2.75) is 26.7 Å². The van der Waals surface area contributed by atoms with Crippen molar-refractivity contribution >= 4 is 5.97 Å². The van der Waals surface area contributed by atoms with E-state index in [-0.39, 0.29) is 11.9 Å². The molecule has 0 spiro atoms. The monoisotopic (exact) mass is 140 g/mol. The highest BCUT2D eigenvalue weighted by atomic mass is 16.5. The highest BCUT2D eigenvalue weighted by Gasteiger charge is 2.14. The van der Waals surface area contributed by atoms with Crippen molar-refractivity contribution in [3.05, 3.63) is 11.8 Å². The van der Waals surface area contributed by atoms with E-state index in [0.29, 0.717) is 0 Å². The van der Waals surface area contributed by atoms with Gasteiger partial charge in [-0.25, -0.2) is 0 Å². The summed E-state index contributed by atoms with van der Waals surface area (Å²) in [4.78, 5) is 10.9. The molecule has 0 aromatic heterocycles. The molecule has 2 heteroatoms. The smallest absolute Gasteiger partial charge is 0.313 e. The molecule has 2 nitrogen and oxygen atoms in total. The first kappa shape index (κ1) is 7.32. The first-order chi connectivity index (χ1) is 4.70. The number of rotatable bonds is 2. The Morgan fingerprint density at radius 3 is 2.60 bits per heavy atom. The molecule has 1 rings (SSSR count). The zero-order valence-corrected chi connectivity index (χ0v) is 6.39. The topological polar surface area (TPSA) is 26.3 Å². The summed E-state index contributed by atoms with van der Waals surface area (Å²) in [7, 11) is 0. The van der Waals surface area contributed by atoms with Crippen LogP contribution in [0.2, 0.25) is 0 Å². The van der Waals surface area contributed by atoms with Crippen LogP contribution in [0.15, 0.2) is 11.8 Å². The predicted molar refractivity (Wildman–Crippen MR) is 38.2 cm³/mol. The van der Waals surface area contributed by atoms with E-state index in [1.807, 2.05) is 19.9 Å².